The number of benzene rings is 3. The fourth-order valence-corrected chi connectivity index (χ4v) is 3.30. The number of para-hydroxylation sites is 2. The van der Waals surface area contributed by atoms with Crippen LogP contribution in [0, 0.1) is 0 Å². The van der Waals surface area contributed by atoms with Gasteiger partial charge in [-0.25, -0.2) is 4.98 Å². The number of aromatic nitrogens is 2. The summed E-state index contributed by atoms with van der Waals surface area (Å²) >= 11 is 1.69. The van der Waals surface area contributed by atoms with E-state index in [1.807, 2.05) is 66.9 Å². The molecule has 0 atom stereocenters. The second-order valence-electron chi connectivity index (χ2n) is 6.25. The Morgan fingerprint density at radius 3 is 2.39 bits per heavy atom. The number of fused-ring (bicyclic) bond motifs is 1. The maximum atomic E-state index is 12.7. The number of nitrogens with zero attached hydrogens (tertiary/aromatic N) is 1. The monoisotopic (exact) mass is 385 g/mol. The van der Waals surface area contributed by atoms with Gasteiger partial charge in [0.05, 0.1) is 16.7 Å². The molecule has 4 rings (SSSR count). The summed E-state index contributed by atoms with van der Waals surface area (Å²) in [6.07, 6.45) is 3.98. The first kappa shape index (κ1) is 18.1. The van der Waals surface area contributed by atoms with Crippen LogP contribution >= 0.6 is 11.8 Å². The van der Waals surface area contributed by atoms with Crippen molar-refractivity contribution in [1.29, 1.82) is 0 Å². The molecule has 1 heterocycles. The van der Waals surface area contributed by atoms with Crippen molar-refractivity contribution in [2.45, 2.75) is 4.90 Å². The smallest absolute Gasteiger partial charge is 0.255 e. The van der Waals surface area contributed by atoms with Crippen LogP contribution in [-0.4, -0.2) is 22.1 Å². The van der Waals surface area contributed by atoms with Crippen molar-refractivity contribution in [2.24, 2.45) is 0 Å². The molecule has 0 bridgehead atoms. The number of carbonyl (C=O) groups excluding carboxylic acids is 1. The Labute approximate surface area is 167 Å². The van der Waals surface area contributed by atoms with Crippen molar-refractivity contribution in [3.8, 4) is 0 Å². The number of thioether (sulfide) groups is 1. The lowest BCUT2D eigenvalue weighted by molar-refractivity contribution is 0.0973. The normalized spacial score (nSPS) is 11.5. The van der Waals surface area contributed by atoms with Crippen LogP contribution in [0.4, 0.5) is 0 Å². The first-order chi connectivity index (χ1) is 13.7. The minimum Gasteiger partial charge on any atom is -0.337 e. The van der Waals surface area contributed by atoms with Crippen LogP contribution in [0.15, 0.2) is 83.8 Å². The van der Waals surface area contributed by atoms with Crippen LogP contribution in [0.25, 0.3) is 22.8 Å². The summed E-state index contributed by atoms with van der Waals surface area (Å²) in [6, 6.07) is 25.2. The maximum Gasteiger partial charge on any atom is 0.255 e. The highest BCUT2D eigenvalue weighted by Gasteiger charge is 2.13. The van der Waals surface area contributed by atoms with Gasteiger partial charge >= 0.3 is 0 Å². The molecule has 2 N–H and O–H groups in total. The van der Waals surface area contributed by atoms with E-state index in [1.54, 1.807) is 23.9 Å². The highest BCUT2D eigenvalue weighted by Crippen LogP contribution is 2.20. The Balaban J connectivity index is 1.73. The second-order valence-corrected chi connectivity index (χ2v) is 7.13. The standard InChI is InChI=1S/C23H19N3OS/c1-28-18-13-11-16(12-14-18)15-21(26-23(27)17-7-3-2-4-8-17)22-24-19-9-5-6-10-20(19)25-22/h2-15H,1H3,(H,24,25)(H,26,27)/b21-15-. The van der Waals surface area contributed by atoms with Crippen LogP contribution in [0.1, 0.15) is 21.7 Å². The molecule has 0 spiro atoms. The lowest BCUT2D eigenvalue weighted by Gasteiger charge is -2.08. The van der Waals surface area contributed by atoms with Crippen molar-refractivity contribution in [1.82, 2.24) is 15.3 Å². The van der Waals surface area contributed by atoms with E-state index in [2.05, 4.69) is 27.4 Å². The Morgan fingerprint density at radius 2 is 1.68 bits per heavy atom. The molecular formula is C23H19N3OS. The molecule has 0 aliphatic carbocycles. The number of hydrogen-bond acceptors (Lipinski definition) is 3. The van der Waals surface area contributed by atoms with Crippen molar-refractivity contribution < 1.29 is 4.79 Å². The summed E-state index contributed by atoms with van der Waals surface area (Å²) in [5, 5.41) is 3.01. The van der Waals surface area contributed by atoms with Crippen LogP contribution in [0.5, 0.6) is 0 Å². The first-order valence-electron chi connectivity index (χ1n) is 8.90. The second kappa shape index (κ2) is 8.15. The Hall–Kier alpha value is -3.31. The van der Waals surface area contributed by atoms with E-state index in [9.17, 15) is 4.79 Å². The molecule has 0 aliphatic heterocycles. The molecule has 3 aromatic carbocycles. The predicted molar refractivity (Wildman–Crippen MR) is 116 cm³/mol. The minimum atomic E-state index is -0.173. The van der Waals surface area contributed by atoms with E-state index in [-0.39, 0.29) is 5.91 Å². The third-order valence-electron chi connectivity index (χ3n) is 4.36. The summed E-state index contributed by atoms with van der Waals surface area (Å²) in [5.41, 5.74) is 4.00. The van der Waals surface area contributed by atoms with Crippen molar-refractivity contribution in [3.05, 3.63) is 95.8 Å². The van der Waals surface area contributed by atoms with E-state index >= 15 is 0 Å². The third kappa shape index (κ3) is 4.00. The number of imidazole rings is 1. The van der Waals surface area contributed by atoms with E-state index in [0.29, 0.717) is 17.1 Å². The minimum absolute atomic E-state index is 0.173. The third-order valence-corrected chi connectivity index (χ3v) is 5.10. The summed E-state index contributed by atoms with van der Waals surface area (Å²) < 4.78 is 0. The zero-order chi connectivity index (χ0) is 19.3. The van der Waals surface area contributed by atoms with Crippen LogP contribution < -0.4 is 5.32 Å². The number of rotatable bonds is 5. The average molecular weight is 385 g/mol. The summed E-state index contributed by atoms with van der Waals surface area (Å²) in [4.78, 5) is 21.9. The molecule has 0 saturated heterocycles. The van der Waals surface area contributed by atoms with E-state index in [0.717, 1.165) is 16.6 Å². The number of amides is 1. The maximum absolute atomic E-state index is 12.7. The average Bonchev–Trinajstić information content (AvgIpc) is 3.18. The van der Waals surface area contributed by atoms with Crippen molar-refractivity contribution >= 4 is 40.5 Å². The van der Waals surface area contributed by atoms with Gasteiger partial charge in [0.1, 0.15) is 0 Å². The predicted octanol–water partition coefficient (Wildman–Crippen LogP) is 5.21. The fraction of sp³-hybridized carbons (Fsp3) is 0.0435. The Kier molecular flexibility index (Phi) is 5.26. The fourth-order valence-electron chi connectivity index (χ4n) is 2.89. The van der Waals surface area contributed by atoms with Gasteiger partial charge in [0, 0.05) is 10.5 Å². The molecular weight excluding hydrogens is 366 g/mol. The molecule has 4 aromatic rings. The molecule has 0 fully saturated rings. The molecule has 1 aromatic heterocycles. The van der Waals surface area contributed by atoms with Crippen LogP contribution in [-0.2, 0) is 0 Å². The van der Waals surface area contributed by atoms with E-state index in [1.165, 1.54) is 4.90 Å². The molecule has 1 amide bonds. The Bertz CT molecular complexity index is 1100. The highest BCUT2D eigenvalue weighted by molar-refractivity contribution is 7.98. The zero-order valence-corrected chi connectivity index (χ0v) is 16.2. The first-order valence-corrected chi connectivity index (χ1v) is 10.1. The van der Waals surface area contributed by atoms with Gasteiger partial charge in [-0.15, -0.1) is 11.8 Å². The van der Waals surface area contributed by atoms with Crippen LogP contribution in [0.2, 0.25) is 0 Å². The molecule has 0 saturated carbocycles. The van der Waals surface area contributed by atoms with Gasteiger partial charge < -0.3 is 10.3 Å². The summed E-state index contributed by atoms with van der Waals surface area (Å²) in [7, 11) is 0. The van der Waals surface area contributed by atoms with Gasteiger partial charge in [0.25, 0.3) is 5.91 Å². The van der Waals surface area contributed by atoms with Crippen molar-refractivity contribution in [2.75, 3.05) is 6.26 Å². The molecule has 0 aliphatic rings. The van der Waals surface area contributed by atoms with E-state index < -0.39 is 0 Å². The number of hydrogen-bond donors (Lipinski definition) is 2. The molecule has 138 valence electrons. The molecule has 0 unspecified atom stereocenters. The lowest BCUT2D eigenvalue weighted by atomic mass is 10.1. The summed E-state index contributed by atoms with van der Waals surface area (Å²) in [5.74, 6) is 0.451. The molecule has 0 radical (unpaired) electrons. The van der Waals surface area contributed by atoms with Crippen molar-refractivity contribution in [3.63, 3.8) is 0 Å². The largest absolute Gasteiger partial charge is 0.337 e. The number of nitrogens with one attached hydrogen (secondary N) is 2. The molecule has 28 heavy (non-hydrogen) atoms. The summed E-state index contributed by atoms with van der Waals surface area (Å²) in [6.45, 7) is 0. The highest BCUT2D eigenvalue weighted by atomic mass is 32.2. The van der Waals surface area contributed by atoms with Gasteiger partial charge in [-0.2, -0.15) is 0 Å². The Morgan fingerprint density at radius 1 is 0.964 bits per heavy atom. The van der Waals surface area contributed by atoms with Gasteiger partial charge in [0.2, 0.25) is 0 Å². The quantitative estimate of drug-likeness (QED) is 0.464. The zero-order valence-electron chi connectivity index (χ0n) is 15.3. The lowest BCUT2D eigenvalue weighted by Crippen LogP contribution is -2.22. The molecule has 5 heteroatoms. The van der Waals surface area contributed by atoms with Gasteiger partial charge in [-0.05, 0) is 54.3 Å². The number of carbonyl (C=O) groups is 1. The number of H-pyrrole nitrogens is 1. The SMILES string of the molecule is CSc1ccc(/C=C(\NC(=O)c2ccccc2)c2nc3ccccc3[nH]2)cc1. The van der Waals surface area contributed by atoms with Gasteiger partial charge in [0.15, 0.2) is 5.82 Å². The van der Waals surface area contributed by atoms with Gasteiger partial charge in [-0.1, -0.05) is 42.5 Å². The van der Waals surface area contributed by atoms with E-state index in [4.69, 9.17) is 0 Å². The number of aromatic amines is 1. The molecule has 4 nitrogen and oxygen atoms in total. The topological polar surface area (TPSA) is 57.8 Å². The van der Waals surface area contributed by atoms with Crippen LogP contribution in [0.3, 0.4) is 0 Å². The van der Waals surface area contributed by atoms with Gasteiger partial charge in [-0.3, -0.25) is 4.79 Å².